The zero-order valence-electron chi connectivity index (χ0n) is 12.6. The van der Waals surface area contributed by atoms with Crippen molar-refractivity contribution < 1.29 is 19.1 Å². The second-order valence-electron chi connectivity index (χ2n) is 4.79. The van der Waals surface area contributed by atoms with Gasteiger partial charge in [-0.3, -0.25) is 14.9 Å². The summed E-state index contributed by atoms with van der Waals surface area (Å²) in [6.45, 7) is 4.52. The summed E-state index contributed by atoms with van der Waals surface area (Å²) in [6, 6.07) is -1.04. The van der Waals surface area contributed by atoms with Crippen molar-refractivity contribution in [2.45, 2.75) is 26.9 Å². The number of amides is 3. The highest BCUT2D eigenvalue weighted by atomic mass is 32.1. The van der Waals surface area contributed by atoms with Crippen molar-refractivity contribution in [2.24, 2.45) is 5.73 Å². The number of nitrogens with two attached hydrogens (primary N) is 1. The number of aromatic nitrogens is 2. The largest absolute Gasteiger partial charge is 0.448 e. The van der Waals surface area contributed by atoms with Gasteiger partial charge in [-0.15, -0.1) is 11.3 Å². The molecule has 0 saturated carbocycles. The van der Waals surface area contributed by atoms with Crippen LogP contribution in [0.3, 0.4) is 0 Å². The predicted octanol–water partition coefficient (Wildman–Crippen LogP) is 0.342. The van der Waals surface area contributed by atoms with Gasteiger partial charge >= 0.3 is 12.0 Å². The van der Waals surface area contributed by atoms with E-state index < -0.39 is 24.0 Å². The molecule has 9 nitrogen and oxygen atoms in total. The Morgan fingerprint density at radius 2 is 2.00 bits per heavy atom. The Morgan fingerprint density at radius 1 is 1.35 bits per heavy atom. The first-order chi connectivity index (χ1) is 10.7. The van der Waals surface area contributed by atoms with E-state index in [2.05, 4.69) is 9.97 Å². The molecule has 23 heavy (non-hydrogen) atoms. The van der Waals surface area contributed by atoms with E-state index in [1.807, 2.05) is 5.32 Å². The van der Waals surface area contributed by atoms with E-state index in [1.54, 1.807) is 13.8 Å². The van der Waals surface area contributed by atoms with Crippen molar-refractivity contribution in [3.8, 4) is 0 Å². The maximum absolute atomic E-state index is 12.2. The monoisotopic (exact) mass is 338 g/mol. The van der Waals surface area contributed by atoms with Crippen molar-refractivity contribution in [1.29, 1.82) is 0 Å². The number of fused-ring (bicyclic) bond motifs is 1. The zero-order chi connectivity index (χ0) is 17.3. The van der Waals surface area contributed by atoms with E-state index in [0.29, 0.717) is 21.6 Å². The summed E-state index contributed by atoms with van der Waals surface area (Å²) < 4.78 is 4.99. The minimum Gasteiger partial charge on any atom is -0.448 e. The molecule has 0 aliphatic heterocycles. The first-order valence-corrected chi connectivity index (χ1v) is 7.33. The van der Waals surface area contributed by atoms with Gasteiger partial charge in [0.25, 0.3) is 11.5 Å². The summed E-state index contributed by atoms with van der Waals surface area (Å²) in [6.07, 6.45) is -1.22. The molecule has 2 rings (SSSR count). The van der Waals surface area contributed by atoms with Crippen LogP contribution >= 0.6 is 11.3 Å². The molecule has 10 heteroatoms. The summed E-state index contributed by atoms with van der Waals surface area (Å²) in [5.74, 6) is -1.19. The highest BCUT2D eigenvalue weighted by molar-refractivity contribution is 7.20. The fourth-order valence-corrected chi connectivity index (χ4v) is 3.05. The second-order valence-corrected chi connectivity index (χ2v) is 5.79. The van der Waals surface area contributed by atoms with Crippen LogP contribution in [-0.2, 0) is 9.53 Å². The molecule has 3 amide bonds. The highest BCUT2D eigenvalue weighted by Gasteiger charge is 2.24. The number of rotatable bonds is 3. The molecule has 4 N–H and O–H groups in total. The number of nitrogens with one attached hydrogen (secondary N) is 2. The normalized spacial score (nSPS) is 12.0. The second kappa shape index (κ2) is 6.16. The lowest BCUT2D eigenvalue weighted by molar-refractivity contribution is -0.127. The topological polar surface area (TPSA) is 144 Å². The number of urea groups is 1. The van der Waals surface area contributed by atoms with Gasteiger partial charge in [0.1, 0.15) is 15.5 Å². The lowest BCUT2D eigenvalue weighted by atomic mass is 10.2. The van der Waals surface area contributed by atoms with Gasteiger partial charge in [0.05, 0.1) is 5.39 Å². The van der Waals surface area contributed by atoms with Gasteiger partial charge in [0, 0.05) is 0 Å². The number of esters is 1. The third kappa shape index (κ3) is 3.37. The Kier molecular flexibility index (Phi) is 4.45. The molecular weight excluding hydrogens is 324 g/mol. The van der Waals surface area contributed by atoms with Gasteiger partial charge in [0.15, 0.2) is 6.10 Å². The fourth-order valence-electron chi connectivity index (χ4n) is 1.94. The third-order valence-corrected chi connectivity index (χ3v) is 4.17. The Labute approximate surface area is 133 Å². The molecule has 0 aliphatic carbocycles. The van der Waals surface area contributed by atoms with E-state index in [0.717, 1.165) is 11.3 Å². The minimum absolute atomic E-state index is 0.169. The van der Waals surface area contributed by atoms with Crippen LogP contribution in [0.15, 0.2) is 4.79 Å². The average Bonchev–Trinajstić information content (AvgIpc) is 2.74. The van der Waals surface area contributed by atoms with E-state index in [9.17, 15) is 19.2 Å². The smallest absolute Gasteiger partial charge is 0.349 e. The molecule has 0 aliphatic rings. The Balaban J connectivity index is 2.30. The molecule has 0 aromatic carbocycles. The maximum atomic E-state index is 12.2. The molecule has 0 radical (unpaired) electrons. The van der Waals surface area contributed by atoms with Crippen LogP contribution in [0, 0.1) is 13.8 Å². The summed E-state index contributed by atoms with van der Waals surface area (Å²) >= 11 is 0.999. The number of carbonyl (C=O) groups is 3. The molecule has 0 bridgehead atoms. The first-order valence-electron chi connectivity index (χ1n) is 6.52. The quantitative estimate of drug-likeness (QED) is 0.688. The lowest BCUT2D eigenvalue weighted by Crippen LogP contribution is -2.42. The molecule has 1 atom stereocenters. The summed E-state index contributed by atoms with van der Waals surface area (Å²) in [4.78, 5) is 53.6. The van der Waals surface area contributed by atoms with Gasteiger partial charge in [-0.1, -0.05) is 0 Å². The summed E-state index contributed by atoms with van der Waals surface area (Å²) in [5.41, 5.74) is 4.90. The zero-order valence-corrected chi connectivity index (χ0v) is 13.4. The molecule has 122 valence electrons. The Bertz CT molecular complexity index is 869. The van der Waals surface area contributed by atoms with Gasteiger partial charge in [-0.25, -0.2) is 14.6 Å². The van der Waals surface area contributed by atoms with Crippen molar-refractivity contribution >= 4 is 39.5 Å². The summed E-state index contributed by atoms with van der Waals surface area (Å²) in [5, 5.41) is 2.12. The van der Waals surface area contributed by atoms with Crippen molar-refractivity contribution in [2.75, 3.05) is 0 Å². The number of imide groups is 1. The van der Waals surface area contributed by atoms with Gasteiger partial charge in [-0.05, 0) is 26.3 Å². The predicted molar refractivity (Wildman–Crippen MR) is 82.3 cm³/mol. The Hall–Kier alpha value is -2.75. The number of hydrogen-bond acceptors (Lipinski definition) is 7. The average molecular weight is 338 g/mol. The number of nitrogens with zero attached hydrogens (tertiary/aromatic N) is 1. The van der Waals surface area contributed by atoms with Gasteiger partial charge < -0.3 is 15.5 Å². The minimum atomic E-state index is -1.22. The molecule has 0 spiro atoms. The molecule has 0 saturated heterocycles. The number of thiophene rings is 1. The number of carbonyl (C=O) groups excluding carboxylic acids is 3. The van der Waals surface area contributed by atoms with Crippen LogP contribution in [0.25, 0.3) is 10.2 Å². The highest BCUT2D eigenvalue weighted by Crippen LogP contribution is 2.27. The Morgan fingerprint density at radius 3 is 2.61 bits per heavy atom. The van der Waals surface area contributed by atoms with E-state index in [-0.39, 0.29) is 10.4 Å². The first kappa shape index (κ1) is 16.6. The van der Waals surface area contributed by atoms with Gasteiger partial charge in [0.2, 0.25) is 0 Å². The van der Waals surface area contributed by atoms with Crippen molar-refractivity contribution in [3.63, 3.8) is 0 Å². The standard InChI is InChI=1S/C13H14N4O5S/c1-4-7-10(19)15-6(3)16-11(7)23-8(4)12(20)22-5(2)9(18)17-13(14)21/h5H,1-3H3,(H,15,16,19)(H3,14,17,18,21). The number of H-pyrrole nitrogens is 1. The summed E-state index contributed by atoms with van der Waals surface area (Å²) in [7, 11) is 0. The van der Waals surface area contributed by atoms with E-state index >= 15 is 0 Å². The lowest BCUT2D eigenvalue weighted by Gasteiger charge is -2.11. The van der Waals surface area contributed by atoms with Crippen LogP contribution in [-0.4, -0.2) is 34.0 Å². The van der Waals surface area contributed by atoms with E-state index in [1.165, 1.54) is 6.92 Å². The molecule has 2 aromatic heterocycles. The van der Waals surface area contributed by atoms with Crippen LogP contribution in [0.1, 0.15) is 28.0 Å². The van der Waals surface area contributed by atoms with Crippen LogP contribution in [0.5, 0.6) is 0 Å². The number of primary amides is 1. The number of aromatic amines is 1. The maximum Gasteiger partial charge on any atom is 0.349 e. The molecule has 2 heterocycles. The molecule has 0 fully saturated rings. The van der Waals surface area contributed by atoms with Crippen molar-refractivity contribution in [1.82, 2.24) is 15.3 Å². The van der Waals surface area contributed by atoms with Crippen LogP contribution < -0.4 is 16.6 Å². The van der Waals surface area contributed by atoms with Crippen LogP contribution in [0.4, 0.5) is 4.79 Å². The number of aryl methyl sites for hydroxylation is 2. The SMILES string of the molecule is Cc1nc2sc(C(=O)OC(C)C(=O)NC(N)=O)c(C)c2c(=O)[nH]1. The number of hydrogen-bond donors (Lipinski definition) is 3. The van der Waals surface area contributed by atoms with Crippen molar-refractivity contribution in [3.05, 3.63) is 26.6 Å². The molecular formula is C13H14N4O5S. The van der Waals surface area contributed by atoms with Crippen LogP contribution in [0.2, 0.25) is 0 Å². The fraction of sp³-hybridized carbons (Fsp3) is 0.308. The van der Waals surface area contributed by atoms with E-state index in [4.69, 9.17) is 10.5 Å². The molecule has 1 unspecified atom stereocenters. The van der Waals surface area contributed by atoms with Gasteiger partial charge in [-0.2, -0.15) is 0 Å². The third-order valence-electron chi connectivity index (χ3n) is 3.00. The number of ether oxygens (including phenoxy) is 1. The molecule has 2 aromatic rings.